The van der Waals surface area contributed by atoms with Crippen LogP contribution in [0.15, 0.2) is 133 Å². The first kappa shape index (κ1) is 32.0. The molecule has 0 fully saturated rings. The summed E-state index contributed by atoms with van der Waals surface area (Å²) in [4.78, 5) is 28.4. The van der Waals surface area contributed by atoms with Gasteiger partial charge in [0.25, 0.3) is 0 Å². The average Bonchev–Trinajstić information content (AvgIpc) is 3.10. The normalized spacial score (nSPS) is 11.3. The Morgan fingerprint density at radius 3 is 2.17 bits per heavy atom. The summed E-state index contributed by atoms with van der Waals surface area (Å²) in [5.41, 5.74) is 6.31. The zero-order valence-corrected chi connectivity index (χ0v) is 26.4. The Labute approximate surface area is 271 Å². The molecular formula is C40H40N2O4. The summed E-state index contributed by atoms with van der Waals surface area (Å²) in [6.07, 6.45) is 1.24. The van der Waals surface area contributed by atoms with Crippen molar-refractivity contribution in [3.8, 4) is 5.75 Å². The lowest BCUT2D eigenvalue weighted by Gasteiger charge is -2.25. The monoisotopic (exact) mass is 612 g/mol. The first-order valence-electron chi connectivity index (χ1n) is 15.6. The van der Waals surface area contributed by atoms with Gasteiger partial charge in [-0.2, -0.15) is 0 Å². The van der Waals surface area contributed by atoms with Crippen molar-refractivity contribution in [2.24, 2.45) is 0 Å². The molecule has 0 bridgehead atoms. The second kappa shape index (κ2) is 16.1. The van der Waals surface area contributed by atoms with Crippen LogP contribution in [0.5, 0.6) is 5.75 Å². The molecule has 6 heteroatoms. The van der Waals surface area contributed by atoms with Gasteiger partial charge in [-0.3, -0.25) is 4.79 Å². The van der Waals surface area contributed by atoms with Crippen LogP contribution in [0, 0.1) is 6.92 Å². The highest BCUT2D eigenvalue weighted by atomic mass is 16.5. The zero-order chi connectivity index (χ0) is 32.1. The van der Waals surface area contributed by atoms with Crippen molar-refractivity contribution in [3.05, 3.63) is 161 Å². The number of aryl methyl sites for hydroxylation is 1. The molecule has 0 heterocycles. The fraction of sp³-hybridized carbons (Fsp3) is 0.200. The third-order valence-corrected chi connectivity index (χ3v) is 7.81. The number of nitrogens with one attached hydrogen (secondary N) is 1. The summed E-state index contributed by atoms with van der Waals surface area (Å²) >= 11 is 0. The molecule has 5 rings (SSSR count). The highest BCUT2D eigenvalue weighted by Gasteiger charge is 2.22. The molecule has 0 aromatic heterocycles. The molecule has 1 N–H and O–H groups in total. The molecule has 0 amide bonds. The van der Waals surface area contributed by atoms with Gasteiger partial charge in [0.15, 0.2) is 5.78 Å². The Morgan fingerprint density at radius 2 is 1.46 bits per heavy atom. The summed E-state index contributed by atoms with van der Waals surface area (Å²) in [5.74, 6) is 0.252. The van der Waals surface area contributed by atoms with Gasteiger partial charge >= 0.3 is 5.97 Å². The Hall–Kier alpha value is -5.36. The van der Waals surface area contributed by atoms with Gasteiger partial charge in [0.1, 0.15) is 11.8 Å². The quantitative estimate of drug-likeness (QED) is 0.0737. The summed E-state index contributed by atoms with van der Waals surface area (Å²) in [6, 6.07) is 42.5. The number of ketones is 1. The molecular weight excluding hydrogens is 572 g/mol. The molecule has 0 saturated heterocycles. The fourth-order valence-corrected chi connectivity index (χ4v) is 5.41. The summed E-state index contributed by atoms with van der Waals surface area (Å²) < 4.78 is 11.2. The number of benzene rings is 5. The summed E-state index contributed by atoms with van der Waals surface area (Å²) in [7, 11) is 1.37. The topological polar surface area (TPSA) is 67.9 Å². The molecule has 46 heavy (non-hydrogen) atoms. The van der Waals surface area contributed by atoms with E-state index in [9.17, 15) is 9.59 Å². The van der Waals surface area contributed by atoms with Gasteiger partial charge in [0.2, 0.25) is 0 Å². The highest BCUT2D eigenvalue weighted by molar-refractivity contribution is 6.12. The maximum atomic E-state index is 13.2. The van der Waals surface area contributed by atoms with E-state index < -0.39 is 12.0 Å². The molecule has 0 spiro atoms. The van der Waals surface area contributed by atoms with Crippen LogP contribution in [0.2, 0.25) is 0 Å². The van der Waals surface area contributed by atoms with Crippen LogP contribution in [0.3, 0.4) is 0 Å². The maximum Gasteiger partial charge on any atom is 0.328 e. The van der Waals surface area contributed by atoms with E-state index in [0.717, 1.165) is 30.8 Å². The van der Waals surface area contributed by atoms with Crippen molar-refractivity contribution in [2.75, 3.05) is 30.5 Å². The van der Waals surface area contributed by atoms with Gasteiger partial charge in [0.05, 0.1) is 13.7 Å². The van der Waals surface area contributed by atoms with E-state index in [0.29, 0.717) is 29.8 Å². The second-order valence-corrected chi connectivity index (χ2v) is 11.3. The van der Waals surface area contributed by atoms with Crippen LogP contribution in [0.4, 0.5) is 11.4 Å². The lowest BCUT2D eigenvalue weighted by Crippen LogP contribution is -2.33. The second-order valence-electron chi connectivity index (χ2n) is 11.3. The van der Waals surface area contributed by atoms with Gasteiger partial charge < -0.3 is 19.7 Å². The van der Waals surface area contributed by atoms with E-state index in [4.69, 9.17) is 9.47 Å². The fourth-order valence-electron chi connectivity index (χ4n) is 5.41. The van der Waals surface area contributed by atoms with E-state index in [-0.39, 0.29) is 5.78 Å². The Bertz CT molecular complexity index is 1710. The number of para-hydroxylation sites is 1. The number of nitrogens with zero attached hydrogens (tertiary/aromatic N) is 1. The lowest BCUT2D eigenvalue weighted by molar-refractivity contribution is -0.141. The van der Waals surface area contributed by atoms with Crippen molar-refractivity contribution >= 4 is 23.1 Å². The molecule has 0 aliphatic carbocycles. The number of hydrogen-bond donors (Lipinski definition) is 1. The van der Waals surface area contributed by atoms with E-state index in [2.05, 4.69) is 65.7 Å². The number of methoxy groups -OCH3 is 1. The SMILES string of the molecule is COC(=O)C(Cc1ccc(OCCCN(Cc2ccccc2)c2cccc(C)c2)cc1)Nc1ccccc1C(=O)c1ccccc1. The minimum absolute atomic E-state index is 0.115. The molecule has 0 radical (unpaired) electrons. The molecule has 1 atom stereocenters. The Balaban J connectivity index is 1.19. The van der Waals surface area contributed by atoms with Crippen molar-refractivity contribution in [3.63, 3.8) is 0 Å². The zero-order valence-electron chi connectivity index (χ0n) is 26.4. The van der Waals surface area contributed by atoms with E-state index >= 15 is 0 Å². The summed E-state index contributed by atoms with van der Waals surface area (Å²) in [6.45, 7) is 4.39. The van der Waals surface area contributed by atoms with Crippen LogP contribution in [0.25, 0.3) is 0 Å². The van der Waals surface area contributed by atoms with Crippen molar-refractivity contribution in [1.29, 1.82) is 0 Å². The lowest BCUT2D eigenvalue weighted by atomic mass is 10.00. The maximum absolute atomic E-state index is 13.2. The third-order valence-electron chi connectivity index (χ3n) is 7.81. The standard InChI is InChI=1S/C40H40N2O4/c1-30-13-11-18-34(27-30)42(29-32-14-5-3-6-15-32)25-12-26-46-35-23-21-31(22-24-35)28-38(40(44)45-2)41-37-20-10-9-19-36(37)39(43)33-16-7-4-8-17-33/h3-11,13-24,27,38,41H,12,25-26,28-29H2,1-2H3. The van der Waals surface area contributed by atoms with Crippen LogP contribution < -0.4 is 15.0 Å². The number of anilines is 2. The minimum Gasteiger partial charge on any atom is -0.494 e. The highest BCUT2D eigenvalue weighted by Crippen LogP contribution is 2.23. The van der Waals surface area contributed by atoms with Crippen molar-refractivity contribution < 1.29 is 19.1 Å². The van der Waals surface area contributed by atoms with E-state index in [1.54, 1.807) is 18.2 Å². The van der Waals surface area contributed by atoms with Gasteiger partial charge in [-0.15, -0.1) is 0 Å². The van der Waals surface area contributed by atoms with Gasteiger partial charge in [-0.1, -0.05) is 97.1 Å². The number of carbonyl (C=O) groups is 2. The molecule has 6 nitrogen and oxygen atoms in total. The van der Waals surface area contributed by atoms with Crippen LogP contribution in [-0.2, 0) is 22.5 Å². The number of carbonyl (C=O) groups excluding carboxylic acids is 2. The first-order valence-corrected chi connectivity index (χ1v) is 15.6. The third kappa shape index (κ3) is 8.85. The largest absolute Gasteiger partial charge is 0.494 e. The number of hydrogen-bond acceptors (Lipinski definition) is 6. The Morgan fingerprint density at radius 1 is 0.761 bits per heavy atom. The molecule has 0 aliphatic rings. The average molecular weight is 613 g/mol. The van der Waals surface area contributed by atoms with Crippen LogP contribution >= 0.6 is 0 Å². The van der Waals surface area contributed by atoms with Gasteiger partial charge in [-0.05, 0) is 66.4 Å². The van der Waals surface area contributed by atoms with Gasteiger partial charge in [0, 0.05) is 42.0 Å². The predicted octanol–water partition coefficient (Wildman–Crippen LogP) is 7.90. The van der Waals surface area contributed by atoms with Crippen LogP contribution in [-0.4, -0.2) is 38.1 Å². The van der Waals surface area contributed by atoms with E-state index in [1.165, 1.54) is 23.9 Å². The van der Waals surface area contributed by atoms with Crippen molar-refractivity contribution in [2.45, 2.75) is 32.4 Å². The van der Waals surface area contributed by atoms with E-state index in [1.807, 2.05) is 66.7 Å². The first-order chi connectivity index (χ1) is 22.5. The molecule has 0 saturated carbocycles. The number of esters is 1. The molecule has 1 unspecified atom stereocenters. The number of ether oxygens (including phenoxy) is 2. The minimum atomic E-state index is -0.682. The predicted molar refractivity (Wildman–Crippen MR) is 185 cm³/mol. The van der Waals surface area contributed by atoms with Crippen LogP contribution in [0.1, 0.15) is 39.0 Å². The van der Waals surface area contributed by atoms with Crippen molar-refractivity contribution in [1.82, 2.24) is 0 Å². The molecule has 5 aromatic carbocycles. The Kier molecular flexibility index (Phi) is 11.2. The molecule has 5 aromatic rings. The smallest absolute Gasteiger partial charge is 0.328 e. The molecule has 0 aliphatic heterocycles. The molecule has 234 valence electrons. The van der Waals surface area contributed by atoms with Gasteiger partial charge in [-0.25, -0.2) is 4.79 Å². The number of rotatable bonds is 15. The summed E-state index contributed by atoms with van der Waals surface area (Å²) in [5, 5.41) is 3.27.